The van der Waals surface area contributed by atoms with Crippen molar-refractivity contribution < 1.29 is 14.3 Å². The largest absolute Gasteiger partial charge is 0.497 e. The van der Waals surface area contributed by atoms with Crippen molar-refractivity contribution in [2.45, 2.75) is 6.42 Å². The summed E-state index contributed by atoms with van der Waals surface area (Å²) in [5.41, 5.74) is 1.09. The lowest BCUT2D eigenvalue weighted by molar-refractivity contribution is 0.0718. The number of nitrogens with zero attached hydrogens (tertiary/aromatic N) is 2. The smallest absolute Gasteiger partial charge is 0.255 e. The van der Waals surface area contributed by atoms with Crippen LogP contribution in [0.15, 0.2) is 48.5 Å². The lowest BCUT2D eigenvalue weighted by Gasteiger charge is -2.22. The molecular weight excluding hydrogens is 352 g/mol. The molecule has 1 heterocycles. The minimum absolute atomic E-state index is 0.0454. The lowest BCUT2D eigenvalue weighted by atomic mass is 10.2. The van der Waals surface area contributed by atoms with E-state index in [0.29, 0.717) is 48.1 Å². The first-order valence-corrected chi connectivity index (χ1v) is 8.95. The van der Waals surface area contributed by atoms with Crippen LogP contribution in [-0.2, 0) is 0 Å². The van der Waals surface area contributed by atoms with Gasteiger partial charge in [-0.15, -0.1) is 0 Å². The molecule has 26 heavy (non-hydrogen) atoms. The minimum atomic E-state index is -0.0914. The highest BCUT2D eigenvalue weighted by Crippen LogP contribution is 2.19. The second-order valence-electron chi connectivity index (χ2n) is 6.15. The van der Waals surface area contributed by atoms with Crippen LogP contribution in [0.2, 0.25) is 5.02 Å². The number of methoxy groups -OCH3 is 1. The SMILES string of the molecule is COc1cccc(C(=O)N2CCCN(C(=O)c3ccccc3Cl)CC2)c1. The Kier molecular flexibility index (Phi) is 5.78. The van der Waals surface area contributed by atoms with Gasteiger partial charge in [0.2, 0.25) is 0 Å². The Morgan fingerprint density at radius 1 is 0.923 bits per heavy atom. The van der Waals surface area contributed by atoms with Gasteiger partial charge in [0.1, 0.15) is 5.75 Å². The van der Waals surface area contributed by atoms with E-state index < -0.39 is 0 Å². The Morgan fingerprint density at radius 3 is 2.31 bits per heavy atom. The number of hydrogen-bond acceptors (Lipinski definition) is 3. The van der Waals surface area contributed by atoms with Crippen LogP contribution < -0.4 is 4.74 Å². The molecular formula is C20H21ClN2O3. The van der Waals surface area contributed by atoms with E-state index in [-0.39, 0.29) is 11.8 Å². The number of rotatable bonds is 3. The number of carbonyl (C=O) groups is 2. The molecule has 2 aromatic carbocycles. The third-order valence-electron chi connectivity index (χ3n) is 4.49. The van der Waals surface area contributed by atoms with Crippen molar-refractivity contribution in [1.29, 1.82) is 0 Å². The first-order valence-electron chi connectivity index (χ1n) is 8.57. The van der Waals surface area contributed by atoms with Gasteiger partial charge in [0, 0.05) is 31.7 Å². The summed E-state index contributed by atoms with van der Waals surface area (Å²) >= 11 is 6.14. The normalized spacial score (nSPS) is 14.7. The second kappa shape index (κ2) is 8.23. The van der Waals surface area contributed by atoms with Gasteiger partial charge in [-0.25, -0.2) is 0 Å². The van der Waals surface area contributed by atoms with Gasteiger partial charge in [-0.1, -0.05) is 29.8 Å². The summed E-state index contributed by atoms with van der Waals surface area (Å²) in [5, 5.41) is 0.450. The zero-order chi connectivity index (χ0) is 18.5. The Labute approximate surface area is 158 Å². The van der Waals surface area contributed by atoms with E-state index in [0.717, 1.165) is 6.42 Å². The molecule has 0 N–H and O–H groups in total. The van der Waals surface area contributed by atoms with Gasteiger partial charge in [-0.3, -0.25) is 9.59 Å². The molecule has 1 saturated heterocycles. The molecule has 0 saturated carbocycles. The molecule has 1 aliphatic rings. The van der Waals surface area contributed by atoms with Crippen LogP contribution in [0.5, 0.6) is 5.75 Å². The Hall–Kier alpha value is -2.53. The van der Waals surface area contributed by atoms with Crippen LogP contribution in [0, 0.1) is 0 Å². The maximum absolute atomic E-state index is 12.8. The van der Waals surface area contributed by atoms with E-state index >= 15 is 0 Å². The van der Waals surface area contributed by atoms with E-state index in [4.69, 9.17) is 16.3 Å². The molecule has 2 amide bonds. The molecule has 136 valence electrons. The summed E-state index contributed by atoms with van der Waals surface area (Å²) in [6, 6.07) is 14.2. The standard InChI is InChI=1S/C20H21ClN2O3/c1-26-16-7-4-6-15(14-16)19(24)22-10-5-11-23(13-12-22)20(25)17-8-2-3-9-18(17)21/h2-4,6-9,14H,5,10-13H2,1H3. The summed E-state index contributed by atoms with van der Waals surface area (Å²) in [6.45, 7) is 2.19. The molecule has 0 aliphatic carbocycles. The summed E-state index contributed by atoms with van der Waals surface area (Å²) in [5.74, 6) is 0.517. The molecule has 1 fully saturated rings. The average molecular weight is 373 g/mol. The number of ether oxygens (including phenoxy) is 1. The van der Waals surface area contributed by atoms with Crippen molar-refractivity contribution in [1.82, 2.24) is 9.80 Å². The Bertz CT molecular complexity index is 809. The highest BCUT2D eigenvalue weighted by atomic mass is 35.5. The predicted molar refractivity (Wildman–Crippen MR) is 101 cm³/mol. The second-order valence-corrected chi connectivity index (χ2v) is 6.56. The van der Waals surface area contributed by atoms with Gasteiger partial charge < -0.3 is 14.5 Å². The van der Waals surface area contributed by atoms with Crippen LogP contribution in [0.1, 0.15) is 27.1 Å². The van der Waals surface area contributed by atoms with Crippen molar-refractivity contribution in [3.8, 4) is 5.75 Å². The molecule has 2 aromatic rings. The molecule has 0 bridgehead atoms. The zero-order valence-corrected chi connectivity index (χ0v) is 15.4. The first kappa shape index (κ1) is 18.3. The fourth-order valence-corrected chi connectivity index (χ4v) is 3.28. The van der Waals surface area contributed by atoms with Crippen LogP contribution in [0.25, 0.3) is 0 Å². The number of carbonyl (C=O) groups excluding carboxylic acids is 2. The summed E-state index contributed by atoms with van der Waals surface area (Å²) in [6.07, 6.45) is 0.728. The van der Waals surface area contributed by atoms with Gasteiger partial charge in [0.25, 0.3) is 11.8 Å². The highest BCUT2D eigenvalue weighted by molar-refractivity contribution is 6.33. The van der Waals surface area contributed by atoms with Crippen molar-refractivity contribution in [2.24, 2.45) is 0 Å². The van der Waals surface area contributed by atoms with E-state index in [9.17, 15) is 9.59 Å². The third kappa shape index (κ3) is 3.99. The minimum Gasteiger partial charge on any atom is -0.497 e. The van der Waals surface area contributed by atoms with Crippen molar-refractivity contribution in [3.63, 3.8) is 0 Å². The molecule has 0 spiro atoms. The van der Waals surface area contributed by atoms with Crippen molar-refractivity contribution >= 4 is 23.4 Å². The zero-order valence-electron chi connectivity index (χ0n) is 14.7. The summed E-state index contributed by atoms with van der Waals surface area (Å²) < 4.78 is 5.19. The molecule has 0 aromatic heterocycles. The predicted octanol–water partition coefficient (Wildman–Crippen LogP) is 3.34. The van der Waals surface area contributed by atoms with E-state index in [2.05, 4.69) is 0 Å². The Balaban J connectivity index is 1.69. The monoisotopic (exact) mass is 372 g/mol. The van der Waals surface area contributed by atoms with Crippen molar-refractivity contribution in [3.05, 3.63) is 64.7 Å². The summed E-state index contributed by atoms with van der Waals surface area (Å²) in [7, 11) is 1.58. The van der Waals surface area contributed by atoms with Crippen LogP contribution in [-0.4, -0.2) is 54.9 Å². The molecule has 3 rings (SSSR count). The molecule has 6 heteroatoms. The molecule has 5 nitrogen and oxygen atoms in total. The van der Waals surface area contributed by atoms with Crippen LogP contribution in [0.3, 0.4) is 0 Å². The van der Waals surface area contributed by atoms with E-state index in [1.54, 1.807) is 59.4 Å². The molecule has 1 aliphatic heterocycles. The van der Waals surface area contributed by atoms with E-state index in [1.165, 1.54) is 0 Å². The fourth-order valence-electron chi connectivity index (χ4n) is 3.07. The van der Waals surface area contributed by atoms with Gasteiger partial charge in [0.15, 0.2) is 0 Å². The maximum atomic E-state index is 12.8. The Morgan fingerprint density at radius 2 is 1.62 bits per heavy atom. The number of hydrogen-bond donors (Lipinski definition) is 0. The first-order chi connectivity index (χ1) is 12.6. The molecule has 0 unspecified atom stereocenters. The number of halogens is 1. The maximum Gasteiger partial charge on any atom is 0.255 e. The van der Waals surface area contributed by atoms with Gasteiger partial charge in [-0.05, 0) is 36.8 Å². The third-order valence-corrected chi connectivity index (χ3v) is 4.82. The van der Waals surface area contributed by atoms with Gasteiger partial charge in [0.05, 0.1) is 17.7 Å². The van der Waals surface area contributed by atoms with Crippen molar-refractivity contribution in [2.75, 3.05) is 33.3 Å². The quantitative estimate of drug-likeness (QED) is 0.830. The molecule has 0 radical (unpaired) electrons. The highest BCUT2D eigenvalue weighted by Gasteiger charge is 2.24. The van der Waals surface area contributed by atoms with Gasteiger partial charge in [-0.2, -0.15) is 0 Å². The molecule has 0 atom stereocenters. The average Bonchev–Trinajstić information content (AvgIpc) is 2.93. The van der Waals surface area contributed by atoms with Crippen LogP contribution >= 0.6 is 11.6 Å². The van der Waals surface area contributed by atoms with Gasteiger partial charge >= 0.3 is 0 Å². The topological polar surface area (TPSA) is 49.9 Å². The lowest BCUT2D eigenvalue weighted by Crippen LogP contribution is -2.37. The number of benzene rings is 2. The van der Waals surface area contributed by atoms with Crippen LogP contribution in [0.4, 0.5) is 0 Å². The summed E-state index contributed by atoms with van der Waals surface area (Å²) in [4.78, 5) is 29.0. The fraction of sp³-hybridized carbons (Fsp3) is 0.300. The number of amides is 2. The van der Waals surface area contributed by atoms with E-state index in [1.807, 2.05) is 6.07 Å².